The highest BCUT2D eigenvalue weighted by Gasteiger charge is 2.46. The number of nitrogens with zero attached hydrogens (tertiary/aromatic N) is 4. The topological polar surface area (TPSA) is 88.8 Å². The van der Waals surface area contributed by atoms with E-state index in [2.05, 4.69) is 10.3 Å². The molecule has 1 unspecified atom stereocenters. The predicted molar refractivity (Wildman–Crippen MR) is 126 cm³/mol. The summed E-state index contributed by atoms with van der Waals surface area (Å²) in [4.78, 5) is 37.0. The van der Waals surface area contributed by atoms with Crippen molar-refractivity contribution < 1.29 is 14.3 Å². The lowest BCUT2D eigenvalue weighted by molar-refractivity contribution is -0.128. The second-order valence-electron chi connectivity index (χ2n) is 9.29. The van der Waals surface area contributed by atoms with Crippen molar-refractivity contribution in [2.45, 2.75) is 44.6 Å². The Balaban J connectivity index is 1.75. The molecule has 1 fully saturated rings. The zero-order chi connectivity index (χ0) is 23.8. The van der Waals surface area contributed by atoms with Gasteiger partial charge in [-0.15, -0.1) is 0 Å². The molecule has 9 heteroatoms. The molecule has 0 radical (unpaired) electrons. The van der Waals surface area contributed by atoms with Gasteiger partial charge in [0.25, 0.3) is 0 Å². The molecule has 4 heterocycles. The van der Waals surface area contributed by atoms with Gasteiger partial charge in [-0.1, -0.05) is 17.7 Å². The Morgan fingerprint density at radius 1 is 1.21 bits per heavy atom. The summed E-state index contributed by atoms with van der Waals surface area (Å²) in [6.07, 6.45) is 4.32. The van der Waals surface area contributed by atoms with Gasteiger partial charge in [-0.25, -0.2) is 14.8 Å². The number of rotatable bonds is 3. The highest BCUT2D eigenvalue weighted by atomic mass is 35.5. The summed E-state index contributed by atoms with van der Waals surface area (Å²) in [5, 5.41) is 3.36. The smallest absolute Gasteiger partial charge is 0.410 e. The summed E-state index contributed by atoms with van der Waals surface area (Å²) in [5.41, 5.74) is 1.17. The number of likely N-dealkylation sites (N-methyl/N-ethyl adjacent to an activating group) is 1. The van der Waals surface area contributed by atoms with E-state index in [9.17, 15) is 9.59 Å². The van der Waals surface area contributed by atoms with Crippen LogP contribution >= 0.6 is 11.6 Å². The largest absolute Gasteiger partial charge is 0.444 e. The maximum absolute atomic E-state index is 13.2. The first-order valence-corrected chi connectivity index (χ1v) is 11.3. The third kappa shape index (κ3) is 4.53. The molecule has 3 aromatic heterocycles. The predicted octanol–water partition coefficient (Wildman–Crippen LogP) is 4.06. The summed E-state index contributed by atoms with van der Waals surface area (Å²) in [6, 6.07) is 9.21. The van der Waals surface area contributed by atoms with Gasteiger partial charge in [0.05, 0.1) is 28.3 Å². The van der Waals surface area contributed by atoms with E-state index in [1.807, 2.05) is 49.4 Å². The van der Waals surface area contributed by atoms with E-state index in [1.165, 1.54) is 0 Å². The summed E-state index contributed by atoms with van der Waals surface area (Å²) >= 11 is 6.19. The molecule has 1 aliphatic rings. The molecule has 8 nitrogen and oxygen atoms in total. The summed E-state index contributed by atoms with van der Waals surface area (Å²) in [6.45, 7) is 6.20. The monoisotopic (exact) mass is 469 g/mol. The van der Waals surface area contributed by atoms with Crippen molar-refractivity contribution in [3.63, 3.8) is 0 Å². The number of halogens is 1. The maximum atomic E-state index is 13.2. The van der Waals surface area contributed by atoms with Gasteiger partial charge in [0, 0.05) is 26.3 Å². The van der Waals surface area contributed by atoms with Crippen LogP contribution in [0, 0.1) is 0 Å². The minimum atomic E-state index is -0.988. The van der Waals surface area contributed by atoms with Gasteiger partial charge in [0.15, 0.2) is 0 Å². The van der Waals surface area contributed by atoms with Crippen molar-refractivity contribution in [1.82, 2.24) is 24.6 Å². The van der Waals surface area contributed by atoms with Crippen LogP contribution in [0.4, 0.5) is 4.79 Å². The standard InChI is InChI=1S/C24H28ClN5O3/c1-23(2,3)33-22(32)29-12-6-11-24(15-29,21(31)26-4)19-8-5-7-17(28-19)18-13-27-20-10-9-16(25)14-30(18)20/h5,7-10,13-14H,6,11-12,15H2,1-4H3,(H,26,31). The second kappa shape index (κ2) is 8.67. The molecule has 1 atom stereocenters. The molecule has 174 valence electrons. The van der Waals surface area contributed by atoms with Gasteiger partial charge in [0.2, 0.25) is 5.91 Å². The van der Waals surface area contributed by atoms with Crippen LogP contribution in [0.2, 0.25) is 5.02 Å². The fourth-order valence-electron chi connectivity index (χ4n) is 4.28. The SMILES string of the molecule is CNC(=O)C1(c2cccc(-c3cnc4ccc(Cl)cn34)n2)CCCN(C(=O)OC(C)(C)C)C1. The lowest BCUT2D eigenvalue weighted by atomic mass is 9.75. The number of piperidine rings is 1. The number of likely N-dealkylation sites (tertiary alicyclic amines) is 1. The van der Waals surface area contributed by atoms with Gasteiger partial charge >= 0.3 is 6.09 Å². The number of hydrogen-bond donors (Lipinski definition) is 1. The van der Waals surface area contributed by atoms with Gasteiger partial charge < -0.3 is 15.0 Å². The van der Waals surface area contributed by atoms with Crippen molar-refractivity contribution in [2.24, 2.45) is 0 Å². The van der Waals surface area contributed by atoms with E-state index < -0.39 is 17.1 Å². The van der Waals surface area contributed by atoms with E-state index in [4.69, 9.17) is 21.3 Å². The molecule has 4 rings (SSSR count). The first kappa shape index (κ1) is 23.0. The van der Waals surface area contributed by atoms with Crippen LogP contribution in [0.15, 0.2) is 42.7 Å². The number of nitrogens with one attached hydrogen (secondary N) is 1. The van der Waals surface area contributed by atoms with Crippen molar-refractivity contribution in [2.75, 3.05) is 20.1 Å². The van der Waals surface area contributed by atoms with Crippen LogP contribution in [0.25, 0.3) is 17.0 Å². The summed E-state index contributed by atoms with van der Waals surface area (Å²) < 4.78 is 7.44. The molecule has 3 aromatic rings. The average molecular weight is 470 g/mol. The number of hydrogen-bond acceptors (Lipinski definition) is 5. The second-order valence-corrected chi connectivity index (χ2v) is 9.73. The summed E-state index contributed by atoms with van der Waals surface area (Å²) in [7, 11) is 1.60. The van der Waals surface area contributed by atoms with E-state index in [1.54, 1.807) is 30.4 Å². The normalized spacial score (nSPS) is 18.9. The molecule has 1 aliphatic heterocycles. The number of pyridine rings is 2. The van der Waals surface area contributed by atoms with E-state index in [0.29, 0.717) is 35.8 Å². The van der Waals surface area contributed by atoms with Crippen molar-refractivity contribution >= 4 is 29.2 Å². The Kier molecular flexibility index (Phi) is 6.05. The zero-order valence-corrected chi connectivity index (χ0v) is 20.0. The van der Waals surface area contributed by atoms with E-state index >= 15 is 0 Å². The van der Waals surface area contributed by atoms with Crippen molar-refractivity contribution in [3.8, 4) is 11.4 Å². The Morgan fingerprint density at radius 3 is 2.73 bits per heavy atom. The lowest BCUT2D eigenvalue weighted by Gasteiger charge is -2.41. The number of ether oxygens (including phenoxy) is 1. The molecule has 2 amide bonds. The number of carbonyl (C=O) groups is 2. The fraction of sp³-hybridized carbons (Fsp3) is 0.417. The molecule has 0 aromatic carbocycles. The molecule has 0 spiro atoms. The van der Waals surface area contributed by atoms with Gasteiger partial charge in [0.1, 0.15) is 16.7 Å². The number of aromatic nitrogens is 3. The highest BCUT2D eigenvalue weighted by Crippen LogP contribution is 2.35. The molecular formula is C24H28ClN5O3. The molecule has 1 N–H and O–H groups in total. The molecule has 33 heavy (non-hydrogen) atoms. The van der Waals surface area contributed by atoms with Crippen LogP contribution in [0.3, 0.4) is 0 Å². The molecule has 0 bridgehead atoms. The van der Waals surface area contributed by atoms with Crippen LogP contribution in [0.5, 0.6) is 0 Å². The number of amides is 2. The molecule has 0 saturated carbocycles. The molecule has 0 aliphatic carbocycles. The van der Waals surface area contributed by atoms with Gasteiger partial charge in [-0.05, 0) is 57.9 Å². The number of fused-ring (bicyclic) bond motifs is 1. The van der Waals surface area contributed by atoms with Gasteiger partial charge in [-0.2, -0.15) is 0 Å². The fourth-order valence-corrected chi connectivity index (χ4v) is 4.44. The molecule has 1 saturated heterocycles. The van der Waals surface area contributed by atoms with Crippen LogP contribution < -0.4 is 5.32 Å². The van der Waals surface area contributed by atoms with E-state index in [-0.39, 0.29) is 12.5 Å². The Hall–Kier alpha value is -3.13. The Bertz CT molecular complexity index is 1200. The van der Waals surface area contributed by atoms with Crippen molar-refractivity contribution in [1.29, 1.82) is 0 Å². The molecular weight excluding hydrogens is 442 g/mol. The highest BCUT2D eigenvalue weighted by molar-refractivity contribution is 6.30. The van der Waals surface area contributed by atoms with Crippen LogP contribution in [0.1, 0.15) is 39.3 Å². The first-order chi connectivity index (χ1) is 15.6. The van der Waals surface area contributed by atoms with Gasteiger partial charge in [-0.3, -0.25) is 9.20 Å². The van der Waals surface area contributed by atoms with Crippen LogP contribution in [-0.2, 0) is 14.9 Å². The Morgan fingerprint density at radius 2 is 2.00 bits per heavy atom. The van der Waals surface area contributed by atoms with E-state index in [0.717, 1.165) is 11.3 Å². The minimum absolute atomic E-state index is 0.179. The summed E-state index contributed by atoms with van der Waals surface area (Å²) in [5.74, 6) is -0.179. The maximum Gasteiger partial charge on any atom is 0.410 e. The average Bonchev–Trinajstić information content (AvgIpc) is 3.20. The van der Waals surface area contributed by atoms with Crippen LogP contribution in [-0.4, -0.2) is 57.0 Å². The zero-order valence-electron chi connectivity index (χ0n) is 19.3. The van der Waals surface area contributed by atoms with Crippen molar-refractivity contribution in [3.05, 3.63) is 53.4 Å². The number of carbonyl (C=O) groups excluding carboxylic acids is 2. The Labute approximate surface area is 197 Å². The third-order valence-electron chi connectivity index (χ3n) is 5.78. The number of imidazole rings is 1. The third-order valence-corrected chi connectivity index (χ3v) is 6.00. The minimum Gasteiger partial charge on any atom is -0.444 e. The quantitative estimate of drug-likeness (QED) is 0.624. The first-order valence-electron chi connectivity index (χ1n) is 10.9. The lowest BCUT2D eigenvalue weighted by Crippen LogP contribution is -2.56.